The van der Waals surface area contributed by atoms with Crippen molar-refractivity contribution in [3.05, 3.63) is 27.3 Å². The molecule has 2 nitrogen and oxygen atoms in total. The summed E-state index contributed by atoms with van der Waals surface area (Å²) in [7, 11) is 0. The summed E-state index contributed by atoms with van der Waals surface area (Å²) in [6, 6.07) is 4.86. The van der Waals surface area contributed by atoms with Crippen LogP contribution in [0.2, 0.25) is 0 Å². The van der Waals surface area contributed by atoms with Gasteiger partial charge in [-0.2, -0.15) is 8.78 Å². The Morgan fingerprint density at radius 2 is 2.20 bits per heavy atom. The van der Waals surface area contributed by atoms with Crippen LogP contribution in [0.25, 0.3) is 0 Å². The van der Waals surface area contributed by atoms with E-state index in [9.17, 15) is 13.6 Å². The predicted octanol–water partition coefficient (Wildman–Crippen LogP) is 2.75. The third kappa shape index (κ3) is 1.62. The number of nitrogens with zero attached hydrogens (tertiary/aromatic N) is 1. The fraction of sp³-hybridized carbons (Fsp3) is 0.300. The molecule has 80 valence electrons. The fourth-order valence-electron chi connectivity index (χ4n) is 1.74. The number of benzene rings is 1. The van der Waals surface area contributed by atoms with Gasteiger partial charge in [-0.15, -0.1) is 0 Å². The summed E-state index contributed by atoms with van der Waals surface area (Å²) in [4.78, 5) is 12.3. The Hall–Kier alpha value is -0.720. The van der Waals surface area contributed by atoms with Gasteiger partial charge in [0, 0.05) is 10.5 Å². The van der Waals surface area contributed by atoms with E-state index in [1.165, 1.54) is 6.92 Å². The van der Waals surface area contributed by atoms with Gasteiger partial charge in [0.2, 0.25) is 5.91 Å². The van der Waals surface area contributed by atoms with Gasteiger partial charge in [-0.3, -0.25) is 4.79 Å². The number of anilines is 1. The molecule has 1 amide bonds. The lowest BCUT2D eigenvalue weighted by Gasteiger charge is -2.14. The van der Waals surface area contributed by atoms with E-state index in [0.717, 1.165) is 4.90 Å². The van der Waals surface area contributed by atoms with Gasteiger partial charge < -0.3 is 4.90 Å². The van der Waals surface area contributed by atoms with Crippen molar-refractivity contribution in [2.75, 3.05) is 11.4 Å². The Kier molecular flexibility index (Phi) is 2.44. The third-order valence-electron chi connectivity index (χ3n) is 2.38. The average molecular weight is 323 g/mol. The average Bonchev–Trinajstić information content (AvgIpc) is 2.39. The molecule has 0 aromatic heterocycles. The monoisotopic (exact) mass is 323 g/mol. The van der Waals surface area contributed by atoms with Crippen LogP contribution in [-0.4, -0.2) is 12.5 Å². The lowest BCUT2D eigenvalue weighted by molar-refractivity contribution is -0.117. The lowest BCUT2D eigenvalue weighted by atomic mass is 10.1. The van der Waals surface area contributed by atoms with Crippen LogP contribution >= 0.6 is 22.6 Å². The maximum absolute atomic E-state index is 13.6. The molecule has 0 atom stereocenters. The molecular weight excluding hydrogens is 315 g/mol. The molecule has 1 aliphatic heterocycles. The highest BCUT2D eigenvalue weighted by molar-refractivity contribution is 14.1. The van der Waals surface area contributed by atoms with Crippen LogP contribution in [0.5, 0.6) is 0 Å². The number of carbonyl (C=O) groups excluding carboxylic acids is 1. The van der Waals surface area contributed by atoms with Crippen molar-refractivity contribution in [3.63, 3.8) is 0 Å². The van der Waals surface area contributed by atoms with Crippen molar-refractivity contribution < 1.29 is 13.6 Å². The molecule has 5 heteroatoms. The van der Waals surface area contributed by atoms with E-state index >= 15 is 0 Å². The van der Waals surface area contributed by atoms with Crippen LogP contribution < -0.4 is 4.90 Å². The molecule has 0 N–H and O–H groups in total. The van der Waals surface area contributed by atoms with E-state index < -0.39 is 12.5 Å². The number of hydrogen-bond acceptors (Lipinski definition) is 1. The molecule has 1 aromatic rings. The van der Waals surface area contributed by atoms with Gasteiger partial charge in [0.05, 0.1) is 17.8 Å². The Balaban J connectivity index is 2.63. The second-order valence-electron chi connectivity index (χ2n) is 3.44. The highest BCUT2D eigenvalue weighted by Gasteiger charge is 2.46. The third-order valence-corrected chi connectivity index (χ3v) is 3.28. The number of halogens is 3. The molecule has 0 aliphatic carbocycles. The number of amides is 1. The van der Waals surface area contributed by atoms with Crippen molar-refractivity contribution in [1.29, 1.82) is 0 Å². The molecule has 0 saturated carbocycles. The van der Waals surface area contributed by atoms with E-state index in [0.29, 0.717) is 9.26 Å². The van der Waals surface area contributed by atoms with Gasteiger partial charge >= 0.3 is 0 Å². The number of hydrogen-bond donors (Lipinski definition) is 0. The molecule has 1 heterocycles. The van der Waals surface area contributed by atoms with Gasteiger partial charge in [0.15, 0.2) is 0 Å². The summed E-state index contributed by atoms with van der Waals surface area (Å²) < 4.78 is 27.7. The SMILES string of the molecule is CC(=O)N1CC(F)(F)c2c(I)cccc21. The van der Waals surface area contributed by atoms with Crippen LogP contribution in [0.1, 0.15) is 12.5 Å². The van der Waals surface area contributed by atoms with E-state index in [4.69, 9.17) is 0 Å². The molecule has 1 aliphatic rings. The Labute approximate surface area is 99.4 Å². The van der Waals surface area contributed by atoms with Gasteiger partial charge in [0.25, 0.3) is 5.92 Å². The van der Waals surface area contributed by atoms with Crippen LogP contribution in [0.15, 0.2) is 18.2 Å². The van der Waals surface area contributed by atoms with Crippen molar-refractivity contribution in [1.82, 2.24) is 0 Å². The highest BCUT2D eigenvalue weighted by atomic mass is 127. The first kappa shape index (κ1) is 10.8. The molecule has 2 rings (SSSR count). The quantitative estimate of drug-likeness (QED) is 0.673. The molecule has 0 bridgehead atoms. The first-order valence-corrected chi connectivity index (χ1v) is 5.46. The van der Waals surface area contributed by atoms with E-state index in [2.05, 4.69) is 0 Å². The summed E-state index contributed by atoms with van der Waals surface area (Å²) in [6.45, 7) is 0.753. The number of carbonyl (C=O) groups is 1. The van der Waals surface area contributed by atoms with E-state index in [-0.39, 0.29) is 11.5 Å². The minimum Gasteiger partial charge on any atom is -0.306 e. The van der Waals surface area contributed by atoms with Gasteiger partial charge in [-0.25, -0.2) is 0 Å². The van der Waals surface area contributed by atoms with Crippen LogP contribution in [0, 0.1) is 3.57 Å². The zero-order valence-electron chi connectivity index (χ0n) is 7.93. The first-order valence-electron chi connectivity index (χ1n) is 4.38. The zero-order chi connectivity index (χ0) is 11.2. The molecule has 0 saturated heterocycles. The van der Waals surface area contributed by atoms with Crippen LogP contribution in [0.4, 0.5) is 14.5 Å². The molecular formula is C10H8F2INO. The topological polar surface area (TPSA) is 20.3 Å². The molecule has 15 heavy (non-hydrogen) atoms. The normalized spacial score (nSPS) is 17.7. The van der Waals surface area contributed by atoms with Gasteiger partial charge in [-0.1, -0.05) is 6.07 Å². The van der Waals surface area contributed by atoms with Crippen LogP contribution in [-0.2, 0) is 10.7 Å². The summed E-state index contributed by atoms with van der Waals surface area (Å²) in [5, 5.41) is 0. The summed E-state index contributed by atoms with van der Waals surface area (Å²) in [5.74, 6) is -3.28. The van der Waals surface area contributed by atoms with Crippen molar-refractivity contribution in [3.8, 4) is 0 Å². The van der Waals surface area contributed by atoms with Crippen molar-refractivity contribution >= 4 is 34.2 Å². The van der Waals surface area contributed by atoms with Crippen molar-refractivity contribution in [2.24, 2.45) is 0 Å². The second-order valence-corrected chi connectivity index (χ2v) is 4.61. The second kappa shape index (κ2) is 3.40. The predicted molar refractivity (Wildman–Crippen MR) is 61.1 cm³/mol. The number of fused-ring (bicyclic) bond motifs is 1. The molecule has 0 radical (unpaired) electrons. The smallest absolute Gasteiger partial charge is 0.293 e. The maximum Gasteiger partial charge on any atom is 0.293 e. The van der Waals surface area contributed by atoms with Crippen molar-refractivity contribution in [2.45, 2.75) is 12.8 Å². The van der Waals surface area contributed by atoms with Crippen LogP contribution in [0.3, 0.4) is 0 Å². The zero-order valence-corrected chi connectivity index (χ0v) is 10.1. The molecule has 0 unspecified atom stereocenters. The summed E-state index contributed by atoms with van der Waals surface area (Å²) in [5.41, 5.74) is 0.306. The van der Waals surface area contributed by atoms with E-state index in [1.807, 2.05) is 22.6 Å². The Morgan fingerprint density at radius 1 is 1.53 bits per heavy atom. The largest absolute Gasteiger partial charge is 0.306 e. The Morgan fingerprint density at radius 3 is 2.80 bits per heavy atom. The summed E-state index contributed by atoms with van der Waals surface area (Å²) in [6.07, 6.45) is 0. The number of rotatable bonds is 0. The minimum atomic E-state index is -2.93. The minimum absolute atomic E-state index is 0.0270. The molecule has 1 aromatic carbocycles. The standard InChI is InChI=1S/C10H8F2INO/c1-6(15)14-5-10(11,12)9-7(13)3-2-4-8(9)14/h2-4H,5H2,1H3. The first-order chi connectivity index (χ1) is 6.93. The molecule has 0 spiro atoms. The summed E-state index contributed by atoms with van der Waals surface area (Å²) >= 11 is 1.87. The lowest BCUT2D eigenvalue weighted by Crippen LogP contribution is -2.30. The maximum atomic E-state index is 13.6. The highest BCUT2D eigenvalue weighted by Crippen LogP contribution is 2.45. The fourth-order valence-corrected chi connectivity index (χ4v) is 2.62. The van der Waals surface area contributed by atoms with Gasteiger partial charge in [0.1, 0.15) is 0 Å². The number of alkyl halides is 2. The molecule has 0 fully saturated rings. The van der Waals surface area contributed by atoms with E-state index in [1.54, 1.807) is 18.2 Å². The van der Waals surface area contributed by atoms with Gasteiger partial charge in [-0.05, 0) is 34.7 Å². The Bertz CT molecular complexity index is 433.